The summed E-state index contributed by atoms with van der Waals surface area (Å²) in [6.45, 7) is 1.13. The van der Waals surface area contributed by atoms with Crippen LogP contribution in [-0.2, 0) is 0 Å². The van der Waals surface area contributed by atoms with Crippen molar-refractivity contribution in [3.05, 3.63) is 40.5 Å². The number of halogens is 2. The fourth-order valence-electron chi connectivity index (χ4n) is 3.13. The van der Waals surface area contributed by atoms with Gasteiger partial charge in [-0.1, -0.05) is 0 Å². The molecule has 0 radical (unpaired) electrons. The van der Waals surface area contributed by atoms with Gasteiger partial charge in [-0.05, 0) is 44.6 Å². The first-order valence-corrected chi connectivity index (χ1v) is 11.1. The molecule has 0 saturated carbocycles. The molecule has 0 aliphatic carbocycles. The number of hydrogen-bond donors (Lipinski definition) is 3. The molecule has 0 atom stereocenters. The quantitative estimate of drug-likeness (QED) is 0.364. The maximum atomic E-state index is 13.0. The number of benzene rings is 1. The van der Waals surface area contributed by atoms with Crippen LogP contribution in [0.3, 0.4) is 0 Å². The Balaban J connectivity index is 1.93. The van der Waals surface area contributed by atoms with E-state index in [1.54, 1.807) is 12.1 Å². The maximum absolute atomic E-state index is 13.0. The molecule has 1 amide bonds. The summed E-state index contributed by atoms with van der Waals surface area (Å²) in [5.41, 5.74) is 1.37. The fourth-order valence-corrected chi connectivity index (χ4v) is 4.20. The van der Waals surface area contributed by atoms with Crippen LogP contribution in [0.1, 0.15) is 27.2 Å². The lowest BCUT2D eigenvalue weighted by molar-refractivity contribution is 0.0957. The zero-order valence-electron chi connectivity index (χ0n) is 18.2. The van der Waals surface area contributed by atoms with Crippen molar-refractivity contribution < 1.29 is 18.3 Å². The monoisotopic (exact) mass is 474 g/mol. The molecule has 3 aromatic rings. The van der Waals surface area contributed by atoms with Gasteiger partial charge in [0.15, 0.2) is 6.10 Å². The van der Waals surface area contributed by atoms with Crippen molar-refractivity contribution >= 4 is 39.0 Å². The van der Waals surface area contributed by atoms with Gasteiger partial charge in [-0.2, -0.15) is 5.26 Å². The highest BCUT2D eigenvalue weighted by atomic mass is 32.1. The predicted molar refractivity (Wildman–Crippen MR) is 124 cm³/mol. The summed E-state index contributed by atoms with van der Waals surface area (Å²) in [7, 11) is 1.85. The second kappa shape index (κ2) is 11.5. The number of nitriles is 1. The summed E-state index contributed by atoms with van der Waals surface area (Å²) < 4.78 is 31.5. The van der Waals surface area contributed by atoms with Crippen molar-refractivity contribution in [1.29, 1.82) is 5.26 Å². The normalized spacial score (nSPS) is 10.9. The van der Waals surface area contributed by atoms with E-state index in [4.69, 9.17) is 4.74 Å². The number of carbonyl (C=O) groups excluding carboxylic acids is 1. The number of alkyl halides is 2. The Kier molecular flexibility index (Phi) is 8.46. The Morgan fingerprint density at radius 1 is 1.27 bits per heavy atom. The van der Waals surface area contributed by atoms with E-state index in [1.165, 1.54) is 23.7 Å². The topological polar surface area (TPSA) is 112 Å². The third-order valence-corrected chi connectivity index (χ3v) is 6.02. The van der Waals surface area contributed by atoms with Crippen molar-refractivity contribution in [3.63, 3.8) is 0 Å². The number of fused-ring (bicyclic) bond motifs is 1. The van der Waals surface area contributed by atoms with Gasteiger partial charge in [-0.15, -0.1) is 11.3 Å². The van der Waals surface area contributed by atoms with Crippen LogP contribution < -0.4 is 20.7 Å². The van der Waals surface area contributed by atoms with E-state index in [0.29, 0.717) is 38.7 Å². The molecule has 0 aliphatic rings. The molecule has 3 N–H and O–H groups in total. The molecule has 174 valence electrons. The first-order chi connectivity index (χ1) is 16.0. The minimum absolute atomic E-state index is 0.122. The zero-order chi connectivity index (χ0) is 23.8. The molecule has 0 saturated heterocycles. The number of rotatable bonds is 11. The number of anilines is 2. The van der Waals surface area contributed by atoms with E-state index >= 15 is 0 Å². The molecule has 0 aliphatic heterocycles. The lowest BCUT2D eigenvalue weighted by Crippen LogP contribution is -2.26. The first-order valence-electron chi connectivity index (χ1n) is 10.3. The average Bonchev–Trinajstić information content (AvgIpc) is 3.18. The average molecular weight is 475 g/mol. The molecule has 2 aromatic heterocycles. The number of nitrogens with one attached hydrogen (secondary N) is 3. The van der Waals surface area contributed by atoms with Crippen LogP contribution in [0.5, 0.6) is 5.75 Å². The van der Waals surface area contributed by atoms with Gasteiger partial charge < -0.3 is 20.7 Å². The Morgan fingerprint density at radius 2 is 2.06 bits per heavy atom. The number of aromatic nitrogens is 2. The zero-order valence-corrected chi connectivity index (χ0v) is 19.1. The van der Waals surface area contributed by atoms with Crippen LogP contribution in [0.2, 0.25) is 0 Å². The number of aryl methyl sites for hydroxylation is 1. The minimum Gasteiger partial charge on any atom is -0.483 e. The van der Waals surface area contributed by atoms with Gasteiger partial charge >= 0.3 is 0 Å². The van der Waals surface area contributed by atoms with Crippen molar-refractivity contribution in [3.8, 4) is 11.8 Å². The van der Waals surface area contributed by atoms with E-state index in [2.05, 4.69) is 25.9 Å². The first kappa shape index (κ1) is 24.3. The maximum Gasteiger partial charge on any atom is 0.261 e. The molecule has 1 aromatic carbocycles. The molecule has 2 heterocycles. The van der Waals surface area contributed by atoms with E-state index in [-0.39, 0.29) is 17.2 Å². The molecule has 0 unspecified atom stereocenters. The Labute approximate surface area is 194 Å². The molecule has 0 spiro atoms. The molecule has 8 nitrogen and oxygen atoms in total. The predicted octanol–water partition coefficient (Wildman–Crippen LogP) is 3.64. The van der Waals surface area contributed by atoms with Gasteiger partial charge in [-0.3, -0.25) is 4.79 Å². The largest absolute Gasteiger partial charge is 0.483 e. The van der Waals surface area contributed by atoms with Crippen LogP contribution in [0.15, 0.2) is 24.5 Å². The summed E-state index contributed by atoms with van der Waals surface area (Å²) in [5.74, 6) is 0.347. The molecule has 0 fully saturated rings. The molecule has 0 bridgehead atoms. The minimum atomic E-state index is -1.29. The van der Waals surface area contributed by atoms with E-state index in [0.717, 1.165) is 13.0 Å². The van der Waals surface area contributed by atoms with Gasteiger partial charge in [0.1, 0.15) is 36.1 Å². The highest BCUT2D eigenvalue weighted by Crippen LogP contribution is 2.36. The number of carbonyl (C=O) groups is 1. The Bertz CT molecular complexity index is 1160. The summed E-state index contributed by atoms with van der Waals surface area (Å²) in [6, 6.07) is 6.51. The van der Waals surface area contributed by atoms with Crippen LogP contribution in [-0.4, -0.2) is 55.5 Å². The van der Waals surface area contributed by atoms with Gasteiger partial charge in [0, 0.05) is 12.6 Å². The van der Waals surface area contributed by atoms with E-state index in [1.807, 2.05) is 20.0 Å². The van der Waals surface area contributed by atoms with Crippen LogP contribution in [0.25, 0.3) is 10.2 Å². The van der Waals surface area contributed by atoms with Crippen molar-refractivity contribution in [2.75, 3.05) is 38.8 Å². The molecule has 11 heteroatoms. The number of amides is 1. The highest BCUT2D eigenvalue weighted by molar-refractivity contribution is 7.20. The van der Waals surface area contributed by atoms with E-state index in [9.17, 15) is 18.8 Å². The number of nitrogens with zero attached hydrogens (tertiary/aromatic N) is 3. The summed E-state index contributed by atoms with van der Waals surface area (Å²) >= 11 is 1.26. The van der Waals surface area contributed by atoms with Crippen LogP contribution in [0, 0.1) is 18.3 Å². The van der Waals surface area contributed by atoms with Crippen molar-refractivity contribution in [2.24, 2.45) is 0 Å². The second-order valence-corrected chi connectivity index (χ2v) is 8.17. The summed E-state index contributed by atoms with van der Waals surface area (Å²) in [5, 5.41) is 18.9. The van der Waals surface area contributed by atoms with Crippen molar-refractivity contribution in [1.82, 2.24) is 20.6 Å². The van der Waals surface area contributed by atoms with Gasteiger partial charge in [-0.25, -0.2) is 18.7 Å². The molecule has 33 heavy (non-hydrogen) atoms. The van der Waals surface area contributed by atoms with Crippen LogP contribution >= 0.6 is 11.3 Å². The SMILES string of the molecule is CNCCCNC(=O)c1sc2ncnc(Nc3ccc(C#N)cc3OC(CF)CF)c2c1C. The second-order valence-electron chi connectivity index (χ2n) is 7.17. The van der Waals surface area contributed by atoms with Gasteiger partial charge in [0.25, 0.3) is 5.91 Å². The summed E-state index contributed by atoms with van der Waals surface area (Å²) in [6.07, 6.45) is 0.885. The smallest absolute Gasteiger partial charge is 0.261 e. The van der Waals surface area contributed by atoms with Gasteiger partial charge in [0.05, 0.1) is 27.6 Å². The fraction of sp³-hybridized carbons (Fsp3) is 0.364. The number of hydrogen-bond acceptors (Lipinski definition) is 8. The Morgan fingerprint density at radius 3 is 2.76 bits per heavy atom. The molecular weight excluding hydrogens is 450 g/mol. The standard InChI is InChI=1S/C22H24F2N6O2S/c1-13-18-20(28-12-29-22(18)33-19(13)21(31)27-7-3-6-26-2)30-16-5-4-14(11-25)8-17(16)32-15(9-23)10-24/h4-5,8,12,15,26H,3,6-7,9-10H2,1-2H3,(H,27,31)(H,28,29,30). The summed E-state index contributed by atoms with van der Waals surface area (Å²) in [4.78, 5) is 22.4. The molecule has 3 rings (SSSR count). The lowest BCUT2D eigenvalue weighted by Gasteiger charge is -2.17. The van der Waals surface area contributed by atoms with E-state index < -0.39 is 19.5 Å². The van der Waals surface area contributed by atoms with Crippen molar-refractivity contribution in [2.45, 2.75) is 19.4 Å². The Hall–Kier alpha value is -3.36. The third kappa shape index (κ3) is 5.71. The highest BCUT2D eigenvalue weighted by Gasteiger charge is 2.20. The third-order valence-electron chi connectivity index (χ3n) is 4.82. The number of thiophene rings is 1. The molecular formula is C22H24F2N6O2S. The van der Waals surface area contributed by atoms with Gasteiger partial charge in [0.2, 0.25) is 0 Å². The van der Waals surface area contributed by atoms with Crippen LogP contribution in [0.4, 0.5) is 20.3 Å². The lowest BCUT2D eigenvalue weighted by atomic mass is 10.1. The number of ether oxygens (including phenoxy) is 1.